The van der Waals surface area contributed by atoms with Gasteiger partial charge in [0.15, 0.2) is 5.58 Å². The summed E-state index contributed by atoms with van der Waals surface area (Å²) in [5.41, 5.74) is 4.94. The second-order valence-electron chi connectivity index (χ2n) is 5.30. The zero-order valence-corrected chi connectivity index (χ0v) is 12.0. The molecule has 22 heavy (non-hydrogen) atoms. The Morgan fingerprint density at radius 2 is 1.91 bits per heavy atom. The molecule has 104 valence electrons. The Hall–Kier alpha value is -3.12. The van der Waals surface area contributed by atoms with Gasteiger partial charge in [-0.15, -0.1) is 0 Å². The predicted molar refractivity (Wildman–Crippen MR) is 86.4 cm³/mol. The third-order valence-corrected chi connectivity index (χ3v) is 3.80. The first kappa shape index (κ1) is 12.6. The number of pyridine rings is 1. The highest BCUT2D eigenvalue weighted by molar-refractivity contribution is 6.10. The zero-order valence-electron chi connectivity index (χ0n) is 12.0. The Morgan fingerprint density at radius 3 is 2.68 bits per heavy atom. The number of aromatic nitrogens is 1. The highest BCUT2D eigenvalue weighted by atomic mass is 16.3. The lowest BCUT2D eigenvalue weighted by Crippen LogP contribution is -1.84. The van der Waals surface area contributed by atoms with Crippen molar-refractivity contribution in [2.45, 2.75) is 6.92 Å². The Morgan fingerprint density at radius 1 is 1.00 bits per heavy atom. The van der Waals surface area contributed by atoms with Crippen LogP contribution in [0.2, 0.25) is 0 Å². The summed E-state index contributed by atoms with van der Waals surface area (Å²) in [6, 6.07) is 17.8. The Labute approximate surface area is 127 Å². The fraction of sp³-hybridized carbons (Fsp3) is 0.0526. The van der Waals surface area contributed by atoms with Crippen LogP contribution in [-0.4, -0.2) is 4.98 Å². The maximum Gasteiger partial charge on any atom is 0.153 e. The maximum absolute atomic E-state index is 9.28. The normalized spacial score (nSPS) is 10.9. The third kappa shape index (κ3) is 1.78. The van der Waals surface area contributed by atoms with E-state index in [9.17, 15) is 5.26 Å². The Kier molecular flexibility index (Phi) is 2.70. The average molecular weight is 284 g/mol. The lowest BCUT2D eigenvalue weighted by atomic mass is 10.0. The number of furan rings is 1. The standard InChI is InChI=1S/C19H12N2O/c1-12-9-15-14-6-4-5-13(11-20)18(14)22-19(15)16(10-12)17-7-2-3-8-21-17/h2-10H,1H3. The molecule has 2 aromatic carbocycles. The van der Waals surface area contributed by atoms with Crippen LogP contribution in [0.5, 0.6) is 0 Å². The second kappa shape index (κ2) is 4.71. The van der Waals surface area contributed by atoms with Crippen molar-refractivity contribution >= 4 is 21.9 Å². The second-order valence-corrected chi connectivity index (χ2v) is 5.30. The molecule has 0 atom stereocenters. The lowest BCUT2D eigenvalue weighted by Gasteiger charge is -2.03. The number of para-hydroxylation sites is 1. The van der Waals surface area contributed by atoms with Gasteiger partial charge in [0, 0.05) is 22.5 Å². The first-order chi connectivity index (χ1) is 10.8. The molecule has 0 bridgehead atoms. The van der Waals surface area contributed by atoms with E-state index in [0.29, 0.717) is 11.1 Å². The third-order valence-electron chi connectivity index (χ3n) is 3.80. The predicted octanol–water partition coefficient (Wildman–Crippen LogP) is 4.83. The molecule has 4 aromatic rings. The summed E-state index contributed by atoms with van der Waals surface area (Å²) in [5.74, 6) is 0. The van der Waals surface area contributed by atoms with Crippen LogP contribution in [0.15, 0.2) is 59.1 Å². The topological polar surface area (TPSA) is 49.8 Å². The molecule has 0 saturated carbocycles. The van der Waals surface area contributed by atoms with Crippen LogP contribution in [0.25, 0.3) is 33.2 Å². The van der Waals surface area contributed by atoms with Gasteiger partial charge in [0.25, 0.3) is 0 Å². The van der Waals surface area contributed by atoms with Crippen molar-refractivity contribution in [1.82, 2.24) is 4.98 Å². The molecule has 2 aromatic heterocycles. The smallest absolute Gasteiger partial charge is 0.153 e. The van der Waals surface area contributed by atoms with E-state index < -0.39 is 0 Å². The van der Waals surface area contributed by atoms with E-state index in [1.54, 1.807) is 12.3 Å². The number of hydrogen-bond donors (Lipinski definition) is 0. The average Bonchev–Trinajstić information content (AvgIpc) is 2.93. The molecule has 0 unspecified atom stereocenters. The van der Waals surface area contributed by atoms with Gasteiger partial charge < -0.3 is 4.42 Å². The molecule has 0 aliphatic carbocycles. The summed E-state index contributed by atoms with van der Waals surface area (Å²) in [6.07, 6.45) is 1.77. The number of hydrogen-bond acceptors (Lipinski definition) is 3. The molecule has 0 aliphatic heterocycles. The van der Waals surface area contributed by atoms with E-state index in [-0.39, 0.29) is 0 Å². The molecule has 0 saturated heterocycles. The first-order valence-corrected chi connectivity index (χ1v) is 7.05. The van der Waals surface area contributed by atoms with Crippen LogP contribution in [0, 0.1) is 18.3 Å². The molecule has 0 spiro atoms. The molecular formula is C19H12N2O. The summed E-state index contributed by atoms with van der Waals surface area (Å²) in [6.45, 7) is 2.05. The zero-order chi connectivity index (χ0) is 15.1. The van der Waals surface area contributed by atoms with Crippen molar-refractivity contribution in [3.05, 3.63) is 65.9 Å². The van der Waals surface area contributed by atoms with Crippen molar-refractivity contribution in [3.63, 3.8) is 0 Å². The molecule has 0 aliphatic rings. The summed E-state index contributed by atoms with van der Waals surface area (Å²) >= 11 is 0. The van der Waals surface area contributed by atoms with Crippen molar-refractivity contribution in [2.24, 2.45) is 0 Å². The van der Waals surface area contributed by atoms with Crippen molar-refractivity contribution in [1.29, 1.82) is 5.26 Å². The van der Waals surface area contributed by atoms with Gasteiger partial charge in [-0.2, -0.15) is 5.26 Å². The molecular weight excluding hydrogens is 272 g/mol. The lowest BCUT2D eigenvalue weighted by molar-refractivity contribution is 0.668. The Bertz CT molecular complexity index is 1040. The van der Waals surface area contributed by atoms with Crippen LogP contribution in [0.4, 0.5) is 0 Å². The summed E-state index contributed by atoms with van der Waals surface area (Å²) in [5, 5.41) is 11.3. The minimum absolute atomic E-state index is 0.554. The van der Waals surface area contributed by atoms with Crippen LogP contribution >= 0.6 is 0 Å². The van der Waals surface area contributed by atoms with E-state index in [0.717, 1.165) is 33.2 Å². The highest BCUT2D eigenvalue weighted by Gasteiger charge is 2.15. The Balaban J connectivity index is 2.17. The molecule has 0 fully saturated rings. The molecule has 0 N–H and O–H groups in total. The van der Waals surface area contributed by atoms with E-state index in [2.05, 4.69) is 30.1 Å². The molecule has 3 nitrogen and oxygen atoms in total. The molecule has 0 radical (unpaired) electrons. The largest absolute Gasteiger partial charge is 0.454 e. The van der Waals surface area contributed by atoms with Crippen LogP contribution < -0.4 is 0 Å². The highest BCUT2D eigenvalue weighted by Crippen LogP contribution is 2.37. The number of aryl methyl sites for hydroxylation is 1. The summed E-state index contributed by atoms with van der Waals surface area (Å²) < 4.78 is 6.05. The van der Waals surface area contributed by atoms with E-state index in [1.165, 1.54) is 0 Å². The monoisotopic (exact) mass is 284 g/mol. The van der Waals surface area contributed by atoms with Crippen LogP contribution in [0.1, 0.15) is 11.1 Å². The van der Waals surface area contributed by atoms with E-state index in [4.69, 9.17) is 4.42 Å². The fourth-order valence-electron chi connectivity index (χ4n) is 2.84. The molecule has 4 rings (SSSR count). The molecule has 3 heteroatoms. The quantitative estimate of drug-likeness (QED) is 0.503. The van der Waals surface area contributed by atoms with Gasteiger partial charge in [-0.25, -0.2) is 0 Å². The van der Waals surface area contributed by atoms with Crippen molar-refractivity contribution in [2.75, 3.05) is 0 Å². The fourth-order valence-corrected chi connectivity index (χ4v) is 2.84. The first-order valence-electron chi connectivity index (χ1n) is 7.05. The maximum atomic E-state index is 9.28. The van der Waals surface area contributed by atoms with Gasteiger partial charge in [0.05, 0.1) is 11.3 Å². The van der Waals surface area contributed by atoms with Crippen molar-refractivity contribution in [3.8, 4) is 17.3 Å². The van der Waals surface area contributed by atoms with Crippen molar-refractivity contribution < 1.29 is 4.42 Å². The van der Waals surface area contributed by atoms with Gasteiger partial charge in [0.2, 0.25) is 0 Å². The minimum atomic E-state index is 0.554. The number of nitriles is 1. The molecule has 2 heterocycles. The van der Waals surface area contributed by atoms with Gasteiger partial charge in [-0.05, 0) is 42.8 Å². The van der Waals surface area contributed by atoms with Gasteiger partial charge in [0.1, 0.15) is 11.7 Å². The molecule has 0 amide bonds. The number of fused-ring (bicyclic) bond motifs is 3. The van der Waals surface area contributed by atoms with Gasteiger partial charge in [-0.3, -0.25) is 4.98 Å². The summed E-state index contributed by atoms with van der Waals surface area (Å²) in [4.78, 5) is 4.43. The van der Waals surface area contributed by atoms with Crippen LogP contribution in [-0.2, 0) is 0 Å². The van der Waals surface area contributed by atoms with E-state index in [1.807, 2.05) is 30.3 Å². The number of nitrogens with zero attached hydrogens (tertiary/aromatic N) is 2. The SMILES string of the molecule is Cc1cc(-c2ccccn2)c2oc3c(C#N)cccc3c2c1. The summed E-state index contributed by atoms with van der Waals surface area (Å²) in [7, 11) is 0. The number of rotatable bonds is 1. The van der Waals surface area contributed by atoms with E-state index >= 15 is 0 Å². The number of benzene rings is 2. The van der Waals surface area contributed by atoms with Crippen LogP contribution in [0.3, 0.4) is 0 Å². The van der Waals surface area contributed by atoms with Gasteiger partial charge in [-0.1, -0.05) is 18.2 Å². The minimum Gasteiger partial charge on any atom is -0.454 e. The van der Waals surface area contributed by atoms with Gasteiger partial charge >= 0.3 is 0 Å².